The summed E-state index contributed by atoms with van der Waals surface area (Å²) in [5.41, 5.74) is 4.94. The molecule has 0 unspecified atom stereocenters. The summed E-state index contributed by atoms with van der Waals surface area (Å²) in [7, 11) is 3.47. The van der Waals surface area contributed by atoms with Crippen LogP contribution in [0.4, 0.5) is 4.39 Å². The van der Waals surface area contributed by atoms with Crippen molar-refractivity contribution >= 4 is 0 Å². The fourth-order valence-corrected chi connectivity index (χ4v) is 2.52. The molecule has 0 aliphatic rings. The first kappa shape index (κ1) is 14.5. The lowest BCUT2D eigenvalue weighted by Gasteiger charge is -2.14. The lowest BCUT2D eigenvalue weighted by Crippen LogP contribution is -2.07. The molecule has 3 heteroatoms. The second-order valence-corrected chi connectivity index (χ2v) is 5.00. The Labute approximate surface area is 119 Å². The van der Waals surface area contributed by atoms with Crippen molar-refractivity contribution in [3.63, 3.8) is 0 Å². The van der Waals surface area contributed by atoms with Crippen LogP contribution in [0.1, 0.15) is 16.7 Å². The smallest absolute Gasteiger partial charge is 0.127 e. The van der Waals surface area contributed by atoms with Crippen LogP contribution in [-0.4, -0.2) is 14.2 Å². The monoisotopic (exact) mass is 273 g/mol. The third kappa shape index (κ3) is 2.83. The van der Waals surface area contributed by atoms with E-state index in [9.17, 15) is 4.39 Å². The van der Waals surface area contributed by atoms with E-state index in [-0.39, 0.29) is 5.82 Å². The number of hydrogen-bond donors (Lipinski definition) is 1. The number of nitrogens with one attached hydrogen (secondary N) is 1. The first-order valence-corrected chi connectivity index (χ1v) is 6.65. The molecule has 0 aliphatic carbocycles. The lowest BCUT2D eigenvalue weighted by molar-refractivity contribution is 0.416. The van der Waals surface area contributed by atoms with Crippen molar-refractivity contribution in [2.45, 2.75) is 20.4 Å². The van der Waals surface area contributed by atoms with E-state index in [1.165, 1.54) is 6.07 Å². The molecule has 2 aromatic carbocycles. The molecule has 2 nitrogen and oxygen atoms in total. The van der Waals surface area contributed by atoms with Gasteiger partial charge in [0.1, 0.15) is 11.6 Å². The molecular formula is C17H20FNO. The molecule has 0 aromatic heterocycles. The minimum absolute atomic E-state index is 0.188. The molecule has 1 N–H and O–H groups in total. The number of rotatable bonds is 4. The van der Waals surface area contributed by atoms with Crippen molar-refractivity contribution in [2.75, 3.05) is 14.2 Å². The molecule has 2 aromatic rings. The Kier molecular flexibility index (Phi) is 4.40. The molecule has 0 saturated carbocycles. The summed E-state index contributed by atoms with van der Waals surface area (Å²) in [6.07, 6.45) is 0. The molecule has 20 heavy (non-hydrogen) atoms. The zero-order valence-corrected chi connectivity index (χ0v) is 12.4. The Morgan fingerprint density at radius 2 is 1.90 bits per heavy atom. The Morgan fingerprint density at radius 3 is 2.55 bits per heavy atom. The van der Waals surface area contributed by atoms with Gasteiger partial charge in [-0.2, -0.15) is 0 Å². The van der Waals surface area contributed by atoms with Crippen LogP contribution in [0.15, 0.2) is 30.3 Å². The van der Waals surface area contributed by atoms with E-state index in [4.69, 9.17) is 4.74 Å². The molecule has 106 valence electrons. The van der Waals surface area contributed by atoms with Crippen LogP contribution in [0.5, 0.6) is 5.75 Å². The fraction of sp³-hybridized carbons (Fsp3) is 0.294. The van der Waals surface area contributed by atoms with E-state index < -0.39 is 0 Å². The highest BCUT2D eigenvalue weighted by atomic mass is 19.1. The number of ether oxygens (including phenoxy) is 1. The maximum absolute atomic E-state index is 13.7. The van der Waals surface area contributed by atoms with Crippen molar-refractivity contribution in [1.29, 1.82) is 0 Å². The van der Waals surface area contributed by atoms with Gasteiger partial charge in [0.2, 0.25) is 0 Å². The first-order chi connectivity index (χ1) is 9.56. The Morgan fingerprint density at radius 1 is 1.15 bits per heavy atom. The van der Waals surface area contributed by atoms with E-state index >= 15 is 0 Å². The van der Waals surface area contributed by atoms with Crippen LogP contribution < -0.4 is 10.1 Å². The Bertz CT molecular complexity index is 623. The minimum atomic E-state index is -0.188. The molecule has 0 amide bonds. The van der Waals surface area contributed by atoms with Gasteiger partial charge in [-0.1, -0.05) is 12.1 Å². The predicted molar refractivity (Wildman–Crippen MR) is 80.6 cm³/mol. The van der Waals surface area contributed by atoms with Gasteiger partial charge in [-0.3, -0.25) is 0 Å². The number of methoxy groups -OCH3 is 1. The van der Waals surface area contributed by atoms with Gasteiger partial charge in [-0.15, -0.1) is 0 Å². The third-order valence-corrected chi connectivity index (χ3v) is 3.37. The van der Waals surface area contributed by atoms with Gasteiger partial charge >= 0.3 is 0 Å². The van der Waals surface area contributed by atoms with Gasteiger partial charge < -0.3 is 10.1 Å². The van der Waals surface area contributed by atoms with Crippen LogP contribution >= 0.6 is 0 Å². The third-order valence-electron chi connectivity index (χ3n) is 3.37. The standard InChI is InChI=1S/C17H20FNO/c1-11-7-12(2)17(16(8-11)20-4)13-5-6-15(18)14(9-13)10-19-3/h5-9,19H,10H2,1-4H3. The molecule has 0 atom stereocenters. The number of benzene rings is 2. The summed E-state index contributed by atoms with van der Waals surface area (Å²) >= 11 is 0. The maximum Gasteiger partial charge on any atom is 0.127 e. The van der Waals surface area contributed by atoms with Crippen molar-refractivity contribution in [1.82, 2.24) is 5.32 Å². The van der Waals surface area contributed by atoms with Crippen molar-refractivity contribution in [3.8, 4) is 16.9 Å². The Balaban J connectivity index is 2.59. The van der Waals surface area contributed by atoms with Gasteiger partial charge in [0.25, 0.3) is 0 Å². The summed E-state index contributed by atoms with van der Waals surface area (Å²) in [6, 6.07) is 9.31. The van der Waals surface area contributed by atoms with E-state index in [1.807, 2.05) is 33.0 Å². The summed E-state index contributed by atoms with van der Waals surface area (Å²) in [6.45, 7) is 4.59. The van der Waals surface area contributed by atoms with Crippen LogP contribution in [-0.2, 0) is 6.54 Å². The summed E-state index contributed by atoms with van der Waals surface area (Å²) in [5, 5.41) is 2.98. The van der Waals surface area contributed by atoms with Gasteiger partial charge in [-0.05, 0) is 55.8 Å². The summed E-state index contributed by atoms with van der Waals surface area (Å²) in [5.74, 6) is 0.636. The normalized spacial score (nSPS) is 10.7. The number of aryl methyl sites for hydroxylation is 2. The highest BCUT2D eigenvalue weighted by molar-refractivity contribution is 5.75. The summed E-state index contributed by atoms with van der Waals surface area (Å²) in [4.78, 5) is 0. The summed E-state index contributed by atoms with van der Waals surface area (Å²) < 4.78 is 19.2. The van der Waals surface area contributed by atoms with Crippen LogP contribution in [0, 0.1) is 19.7 Å². The average molecular weight is 273 g/mol. The molecule has 0 bridgehead atoms. The van der Waals surface area contributed by atoms with E-state index in [2.05, 4.69) is 11.4 Å². The van der Waals surface area contributed by atoms with E-state index in [0.717, 1.165) is 28.0 Å². The highest BCUT2D eigenvalue weighted by Gasteiger charge is 2.12. The molecule has 0 fully saturated rings. The van der Waals surface area contributed by atoms with Crippen LogP contribution in [0.25, 0.3) is 11.1 Å². The largest absolute Gasteiger partial charge is 0.496 e. The van der Waals surface area contributed by atoms with Crippen molar-refractivity contribution < 1.29 is 9.13 Å². The molecule has 2 rings (SSSR count). The Hall–Kier alpha value is -1.87. The van der Waals surface area contributed by atoms with Crippen LogP contribution in [0.2, 0.25) is 0 Å². The average Bonchev–Trinajstić information content (AvgIpc) is 2.41. The second kappa shape index (κ2) is 6.06. The first-order valence-electron chi connectivity index (χ1n) is 6.65. The highest BCUT2D eigenvalue weighted by Crippen LogP contribution is 2.35. The predicted octanol–water partition coefficient (Wildman–Crippen LogP) is 3.84. The van der Waals surface area contributed by atoms with E-state index in [0.29, 0.717) is 12.1 Å². The van der Waals surface area contributed by atoms with E-state index in [1.54, 1.807) is 13.2 Å². The maximum atomic E-state index is 13.7. The minimum Gasteiger partial charge on any atom is -0.496 e. The van der Waals surface area contributed by atoms with Gasteiger partial charge in [0.15, 0.2) is 0 Å². The second-order valence-electron chi connectivity index (χ2n) is 5.00. The molecular weight excluding hydrogens is 253 g/mol. The van der Waals surface area contributed by atoms with Crippen molar-refractivity contribution in [3.05, 3.63) is 52.8 Å². The number of hydrogen-bond acceptors (Lipinski definition) is 2. The number of halogens is 1. The molecule has 0 heterocycles. The fourth-order valence-electron chi connectivity index (χ4n) is 2.52. The van der Waals surface area contributed by atoms with Gasteiger partial charge in [0, 0.05) is 17.7 Å². The topological polar surface area (TPSA) is 21.3 Å². The quantitative estimate of drug-likeness (QED) is 0.914. The van der Waals surface area contributed by atoms with Crippen LogP contribution in [0.3, 0.4) is 0 Å². The SMILES string of the molecule is CNCc1cc(-c2c(C)cc(C)cc2OC)ccc1F. The molecule has 0 radical (unpaired) electrons. The van der Waals surface area contributed by atoms with Gasteiger partial charge in [-0.25, -0.2) is 4.39 Å². The van der Waals surface area contributed by atoms with Gasteiger partial charge in [0.05, 0.1) is 7.11 Å². The zero-order valence-electron chi connectivity index (χ0n) is 12.4. The molecule has 0 spiro atoms. The molecule has 0 saturated heterocycles. The lowest BCUT2D eigenvalue weighted by atomic mass is 9.96. The van der Waals surface area contributed by atoms with Crippen molar-refractivity contribution in [2.24, 2.45) is 0 Å². The zero-order chi connectivity index (χ0) is 14.7. The molecule has 0 aliphatic heterocycles.